The Morgan fingerprint density at radius 3 is 2.18 bits per heavy atom. The molecule has 0 aromatic heterocycles. The average molecular weight is 469 g/mol. The lowest BCUT2D eigenvalue weighted by molar-refractivity contribution is -0.128. The normalized spacial score (nSPS) is 11.0. The number of benzene rings is 3. The molecule has 0 radical (unpaired) electrons. The van der Waals surface area contributed by atoms with Gasteiger partial charge in [-0.2, -0.15) is 0 Å². The number of methoxy groups -OCH3 is 1. The molecular formula is C25H28N2O5S. The van der Waals surface area contributed by atoms with Crippen molar-refractivity contribution < 1.29 is 22.7 Å². The van der Waals surface area contributed by atoms with Gasteiger partial charge in [-0.25, -0.2) is 8.42 Å². The fraction of sp³-hybridized carbons (Fsp3) is 0.240. The van der Waals surface area contributed by atoms with E-state index in [2.05, 4.69) is 0 Å². The van der Waals surface area contributed by atoms with Crippen LogP contribution >= 0.6 is 0 Å². The van der Waals surface area contributed by atoms with Crippen LogP contribution in [-0.2, 0) is 21.4 Å². The second kappa shape index (κ2) is 10.9. The van der Waals surface area contributed by atoms with Crippen LogP contribution < -0.4 is 13.8 Å². The van der Waals surface area contributed by atoms with Crippen molar-refractivity contribution in [2.24, 2.45) is 0 Å². The van der Waals surface area contributed by atoms with Gasteiger partial charge in [-0.05, 0) is 49.4 Å². The Morgan fingerprint density at radius 2 is 1.55 bits per heavy atom. The molecule has 1 amide bonds. The smallest absolute Gasteiger partial charge is 0.264 e. The number of ether oxygens (including phenoxy) is 2. The molecule has 0 aliphatic rings. The van der Waals surface area contributed by atoms with Crippen LogP contribution in [0.5, 0.6) is 11.5 Å². The highest BCUT2D eigenvalue weighted by Crippen LogP contribution is 2.26. The molecule has 0 aliphatic heterocycles. The number of nitrogens with zero attached hydrogens (tertiary/aromatic N) is 2. The van der Waals surface area contributed by atoms with Crippen LogP contribution in [0.1, 0.15) is 12.5 Å². The molecule has 7 nitrogen and oxygen atoms in total. The molecule has 174 valence electrons. The molecule has 3 aromatic rings. The highest BCUT2D eigenvalue weighted by atomic mass is 32.2. The Hall–Kier alpha value is -3.52. The Labute approximate surface area is 195 Å². The van der Waals surface area contributed by atoms with Gasteiger partial charge in [0.25, 0.3) is 10.0 Å². The van der Waals surface area contributed by atoms with Gasteiger partial charge in [-0.1, -0.05) is 36.4 Å². The number of hydrogen-bond acceptors (Lipinski definition) is 5. The molecule has 0 fully saturated rings. The van der Waals surface area contributed by atoms with Crippen LogP contribution in [0.15, 0.2) is 83.8 Å². The van der Waals surface area contributed by atoms with E-state index in [0.29, 0.717) is 23.8 Å². The van der Waals surface area contributed by atoms with E-state index in [1.807, 2.05) is 31.2 Å². The maximum Gasteiger partial charge on any atom is 0.264 e. The van der Waals surface area contributed by atoms with Gasteiger partial charge in [0.2, 0.25) is 5.91 Å². The van der Waals surface area contributed by atoms with E-state index in [9.17, 15) is 13.2 Å². The number of amides is 1. The molecule has 0 unspecified atom stereocenters. The summed E-state index contributed by atoms with van der Waals surface area (Å²) in [6.07, 6.45) is 0. The summed E-state index contributed by atoms with van der Waals surface area (Å²) in [6, 6.07) is 22.1. The molecule has 8 heteroatoms. The monoisotopic (exact) mass is 468 g/mol. The molecular weight excluding hydrogens is 440 g/mol. The minimum absolute atomic E-state index is 0.110. The zero-order valence-electron chi connectivity index (χ0n) is 19.0. The average Bonchev–Trinajstić information content (AvgIpc) is 2.84. The lowest BCUT2D eigenvalue weighted by atomic mass is 10.2. The van der Waals surface area contributed by atoms with E-state index in [-0.39, 0.29) is 23.9 Å². The number of hydrogen-bond donors (Lipinski definition) is 0. The third kappa shape index (κ3) is 5.84. The summed E-state index contributed by atoms with van der Waals surface area (Å²) in [6.45, 7) is 2.30. The Kier molecular flexibility index (Phi) is 7.95. The first-order valence-corrected chi connectivity index (χ1v) is 12.0. The zero-order valence-corrected chi connectivity index (χ0v) is 19.8. The summed E-state index contributed by atoms with van der Waals surface area (Å²) >= 11 is 0. The highest BCUT2D eigenvalue weighted by molar-refractivity contribution is 7.92. The van der Waals surface area contributed by atoms with Crippen LogP contribution in [0.4, 0.5) is 5.69 Å². The first kappa shape index (κ1) is 24.1. The third-order valence-corrected chi connectivity index (χ3v) is 6.86. The molecule has 3 rings (SSSR count). The topological polar surface area (TPSA) is 76.2 Å². The largest absolute Gasteiger partial charge is 0.496 e. The summed E-state index contributed by atoms with van der Waals surface area (Å²) in [5, 5.41) is 0. The van der Waals surface area contributed by atoms with Crippen molar-refractivity contribution in [2.45, 2.75) is 18.4 Å². The van der Waals surface area contributed by atoms with Crippen molar-refractivity contribution in [3.8, 4) is 11.5 Å². The lowest BCUT2D eigenvalue weighted by Gasteiger charge is -2.27. The van der Waals surface area contributed by atoms with Crippen molar-refractivity contribution in [1.29, 1.82) is 0 Å². The van der Waals surface area contributed by atoms with E-state index < -0.39 is 10.0 Å². The van der Waals surface area contributed by atoms with E-state index in [1.165, 1.54) is 17.0 Å². The predicted octanol–water partition coefficient (Wildman–Crippen LogP) is 3.95. The minimum Gasteiger partial charge on any atom is -0.496 e. The summed E-state index contributed by atoms with van der Waals surface area (Å²) in [5.74, 6) is 0.935. The van der Waals surface area contributed by atoms with Gasteiger partial charge >= 0.3 is 0 Å². The van der Waals surface area contributed by atoms with Gasteiger partial charge in [-0.15, -0.1) is 0 Å². The van der Waals surface area contributed by atoms with Gasteiger partial charge in [0.05, 0.1) is 24.3 Å². The van der Waals surface area contributed by atoms with Crippen molar-refractivity contribution >= 4 is 21.6 Å². The first-order chi connectivity index (χ1) is 15.9. The van der Waals surface area contributed by atoms with E-state index >= 15 is 0 Å². The minimum atomic E-state index is -3.97. The number of rotatable bonds is 10. The number of likely N-dealkylation sites (N-methyl/N-ethyl adjacent to an activating group) is 1. The quantitative estimate of drug-likeness (QED) is 0.450. The van der Waals surface area contributed by atoms with Gasteiger partial charge < -0.3 is 14.4 Å². The van der Waals surface area contributed by atoms with Crippen molar-refractivity contribution in [3.63, 3.8) is 0 Å². The molecule has 33 heavy (non-hydrogen) atoms. The fourth-order valence-corrected chi connectivity index (χ4v) is 4.77. The summed E-state index contributed by atoms with van der Waals surface area (Å²) < 4.78 is 38.9. The second-order valence-electron chi connectivity index (χ2n) is 7.31. The molecule has 0 bridgehead atoms. The molecule has 0 spiro atoms. The first-order valence-electron chi connectivity index (χ1n) is 10.5. The van der Waals surface area contributed by atoms with Crippen LogP contribution in [-0.4, -0.2) is 46.5 Å². The zero-order chi connectivity index (χ0) is 23.8. The Morgan fingerprint density at radius 1 is 0.909 bits per heavy atom. The second-order valence-corrected chi connectivity index (χ2v) is 9.18. The number of carbonyl (C=O) groups is 1. The molecule has 0 saturated carbocycles. The molecule has 0 saturated heterocycles. The third-order valence-electron chi connectivity index (χ3n) is 5.07. The van der Waals surface area contributed by atoms with Crippen molar-refractivity contribution in [2.75, 3.05) is 31.6 Å². The van der Waals surface area contributed by atoms with Crippen LogP contribution in [0, 0.1) is 0 Å². The van der Waals surface area contributed by atoms with Crippen LogP contribution in [0.3, 0.4) is 0 Å². The number of para-hydroxylation sites is 1. The maximum atomic E-state index is 13.5. The van der Waals surface area contributed by atoms with Gasteiger partial charge in [0.1, 0.15) is 18.0 Å². The lowest BCUT2D eigenvalue weighted by Crippen LogP contribution is -2.41. The number of anilines is 1. The fourth-order valence-electron chi connectivity index (χ4n) is 3.33. The van der Waals surface area contributed by atoms with E-state index in [4.69, 9.17) is 9.47 Å². The van der Waals surface area contributed by atoms with E-state index in [1.54, 1.807) is 56.6 Å². The summed E-state index contributed by atoms with van der Waals surface area (Å²) in [4.78, 5) is 14.7. The maximum absolute atomic E-state index is 13.5. The summed E-state index contributed by atoms with van der Waals surface area (Å²) in [5.41, 5.74) is 1.20. The predicted molar refractivity (Wildman–Crippen MR) is 128 cm³/mol. The molecule has 0 N–H and O–H groups in total. The highest BCUT2D eigenvalue weighted by Gasteiger charge is 2.28. The SMILES string of the molecule is CCOc1ccc(N(CC(=O)N(C)Cc2ccccc2OC)S(=O)(=O)c2ccccc2)cc1. The molecule has 3 aromatic carbocycles. The van der Waals surface area contributed by atoms with Crippen LogP contribution in [0.25, 0.3) is 0 Å². The molecule has 0 aliphatic carbocycles. The number of sulfonamides is 1. The van der Waals surface area contributed by atoms with Crippen molar-refractivity contribution in [3.05, 3.63) is 84.4 Å². The molecule has 0 heterocycles. The van der Waals surface area contributed by atoms with Crippen molar-refractivity contribution in [1.82, 2.24) is 4.90 Å². The number of carbonyl (C=O) groups excluding carboxylic acids is 1. The van der Waals surface area contributed by atoms with Gasteiger partial charge in [-0.3, -0.25) is 9.10 Å². The van der Waals surface area contributed by atoms with Crippen LogP contribution in [0.2, 0.25) is 0 Å². The van der Waals surface area contributed by atoms with Gasteiger partial charge in [0.15, 0.2) is 0 Å². The Balaban J connectivity index is 1.89. The standard InChI is InChI=1S/C25H28N2O5S/c1-4-32-22-16-14-21(15-17-22)27(33(29,30)23-11-6-5-7-12-23)19-25(28)26(2)18-20-10-8-9-13-24(20)31-3/h5-17H,4,18-19H2,1-3H3. The summed E-state index contributed by atoms with van der Waals surface area (Å²) in [7, 11) is -0.764. The molecule has 0 atom stereocenters. The van der Waals surface area contributed by atoms with Gasteiger partial charge in [0, 0.05) is 19.2 Å². The Bertz CT molecular complexity index is 1160. The van der Waals surface area contributed by atoms with E-state index in [0.717, 1.165) is 9.87 Å².